The average molecular weight is 279 g/mol. The maximum Gasteiger partial charge on any atom is 0.242 e. The molecule has 0 aliphatic rings. The van der Waals surface area contributed by atoms with Crippen molar-refractivity contribution in [1.29, 1.82) is 0 Å². The van der Waals surface area contributed by atoms with Gasteiger partial charge in [-0.05, 0) is 20.8 Å². The summed E-state index contributed by atoms with van der Waals surface area (Å²) in [5.74, 6) is 1.59. The number of hydrogen-bond donors (Lipinski definition) is 3. The number of carbonyl (C=O) groups is 1. The summed E-state index contributed by atoms with van der Waals surface area (Å²) in [5.41, 5.74) is 4.33. The second kappa shape index (κ2) is 5.64. The lowest BCUT2D eigenvalue weighted by molar-refractivity contribution is -0.121. The topological polar surface area (TPSA) is 92.9 Å². The number of nitrogens with zero attached hydrogens (tertiary/aromatic N) is 2. The van der Waals surface area contributed by atoms with Crippen LogP contribution < -0.4 is 16.4 Å². The van der Waals surface area contributed by atoms with Crippen LogP contribution in [0.15, 0.2) is 6.07 Å². The zero-order valence-corrected chi connectivity index (χ0v) is 13.2. The molecule has 0 saturated heterocycles. The molecule has 0 atom stereocenters. The van der Waals surface area contributed by atoms with Gasteiger partial charge in [0.2, 0.25) is 5.91 Å². The molecule has 20 heavy (non-hydrogen) atoms. The highest BCUT2D eigenvalue weighted by atomic mass is 16.1. The van der Waals surface area contributed by atoms with Gasteiger partial charge in [-0.3, -0.25) is 4.79 Å². The molecule has 1 rings (SSSR count). The molecule has 0 bridgehead atoms. The van der Waals surface area contributed by atoms with E-state index in [-0.39, 0.29) is 5.41 Å². The van der Waals surface area contributed by atoms with Crippen LogP contribution >= 0.6 is 0 Å². The molecule has 1 amide bonds. The van der Waals surface area contributed by atoms with Crippen molar-refractivity contribution in [3.63, 3.8) is 0 Å². The number of anilines is 2. The van der Waals surface area contributed by atoms with Gasteiger partial charge in [0.15, 0.2) is 0 Å². The monoisotopic (exact) mass is 279 g/mol. The fraction of sp³-hybridized carbons (Fsp3) is 0.643. The van der Waals surface area contributed by atoms with Gasteiger partial charge in [0, 0.05) is 18.0 Å². The Hall–Kier alpha value is -1.85. The summed E-state index contributed by atoms with van der Waals surface area (Å²) in [6.45, 7) is 12.3. The van der Waals surface area contributed by atoms with Crippen LogP contribution in [0, 0.1) is 0 Å². The summed E-state index contributed by atoms with van der Waals surface area (Å²) < 4.78 is 0. The quantitative estimate of drug-likeness (QED) is 0.765. The third-order valence-corrected chi connectivity index (χ3v) is 2.81. The first kappa shape index (κ1) is 16.2. The standard InChI is InChI=1S/C14H25N5O/c1-7-16-9-8-10(19-14(5,6)11(15)20)18-12(17-9)13(2,3)4/h8H,7H2,1-6H3,(H2,15,20)(H2,16,17,18,19). The van der Waals surface area contributed by atoms with Crippen LogP contribution in [0.4, 0.5) is 11.6 Å². The Balaban J connectivity index is 3.19. The molecule has 0 spiro atoms. The summed E-state index contributed by atoms with van der Waals surface area (Å²) >= 11 is 0. The van der Waals surface area contributed by atoms with E-state index in [9.17, 15) is 4.79 Å². The molecule has 112 valence electrons. The molecule has 6 heteroatoms. The Morgan fingerprint density at radius 1 is 1.20 bits per heavy atom. The number of nitrogens with two attached hydrogens (primary N) is 1. The number of hydrogen-bond acceptors (Lipinski definition) is 5. The summed E-state index contributed by atoms with van der Waals surface area (Å²) in [5, 5.41) is 6.23. The lowest BCUT2D eigenvalue weighted by Crippen LogP contribution is -2.45. The zero-order chi connectivity index (χ0) is 15.6. The van der Waals surface area contributed by atoms with Crippen molar-refractivity contribution in [1.82, 2.24) is 9.97 Å². The summed E-state index contributed by atoms with van der Waals surface area (Å²) in [6.07, 6.45) is 0. The molecule has 1 aromatic heterocycles. The number of carbonyl (C=O) groups excluding carboxylic acids is 1. The fourth-order valence-electron chi connectivity index (χ4n) is 1.50. The molecular formula is C14H25N5O. The largest absolute Gasteiger partial charge is 0.370 e. The first-order chi connectivity index (χ1) is 9.06. The van der Waals surface area contributed by atoms with Crippen LogP contribution in [0.5, 0.6) is 0 Å². The summed E-state index contributed by atoms with van der Waals surface area (Å²) in [6, 6.07) is 1.78. The highest BCUT2D eigenvalue weighted by Gasteiger charge is 2.26. The molecular weight excluding hydrogens is 254 g/mol. The van der Waals surface area contributed by atoms with Crippen LogP contribution in [0.25, 0.3) is 0 Å². The fourth-order valence-corrected chi connectivity index (χ4v) is 1.50. The third-order valence-electron chi connectivity index (χ3n) is 2.81. The van der Waals surface area contributed by atoms with Gasteiger partial charge in [0.1, 0.15) is 23.0 Å². The molecule has 0 aliphatic heterocycles. The molecule has 0 fully saturated rings. The zero-order valence-electron chi connectivity index (χ0n) is 13.2. The van der Waals surface area contributed by atoms with E-state index < -0.39 is 11.4 Å². The van der Waals surface area contributed by atoms with Gasteiger partial charge in [-0.25, -0.2) is 9.97 Å². The first-order valence-corrected chi connectivity index (χ1v) is 6.78. The van der Waals surface area contributed by atoms with Crippen LogP contribution in [-0.4, -0.2) is 28.0 Å². The molecule has 1 heterocycles. The Labute approximate surface area is 120 Å². The Kier molecular flexibility index (Phi) is 4.57. The van der Waals surface area contributed by atoms with Gasteiger partial charge in [-0.1, -0.05) is 20.8 Å². The predicted molar refractivity (Wildman–Crippen MR) is 81.8 cm³/mol. The van der Waals surface area contributed by atoms with Crippen molar-refractivity contribution in [3.05, 3.63) is 11.9 Å². The van der Waals surface area contributed by atoms with Crippen molar-refractivity contribution in [2.45, 2.75) is 52.5 Å². The van der Waals surface area contributed by atoms with Crippen LogP contribution in [0.2, 0.25) is 0 Å². The minimum Gasteiger partial charge on any atom is -0.370 e. The Morgan fingerprint density at radius 3 is 2.20 bits per heavy atom. The molecule has 0 aromatic carbocycles. The first-order valence-electron chi connectivity index (χ1n) is 6.78. The SMILES string of the molecule is CCNc1cc(NC(C)(C)C(N)=O)nc(C(C)(C)C)n1. The lowest BCUT2D eigenvalue weighted by Gasteiger charge is -2.25. The maximum absolute atomic E-state index is 11.4. The second-order valence-electron chi connectivity index (χ2n) is 6.36. The van der Waals surface area contributed by atoms with Gasteiger partial charge in [0.25, 0.3) is 0 Å². The van der Waals surface area contributed by atoms with Crippen LogP contribution in [-0.2, 0) is 10.2 Å². The lowest BCUT2D eigenvalue weighted by atomic mass is 9.95. The molecule has 0 aliphatic carbocycles. The van der Waals surface area contributed by atoms with E-state index in [4.69, 9.17) is 5.73 Å². The third kappa shape index (κ3) is 4.08. The van der Waals surface area contributed by atoms with Gasteiger partial charge < -0.3 is 16.4 Å². The Bertz CT molecular complexity index is 491. The van der Waals surface area contributed by atoms with Gasteiger partial charge in [0.05, 0.1) is 0 Å². The molecule has 0 radical (unpaired) electrons. The van der Waals surface area contributed by atoms with Crippen molar-refractivity contribution in [2.24, 2.45) is 5.73 Å². The molecule has 4 N–H and O–H groups in total. The molecule has 6 nitrogen and oxygen atoms in total. The summed E-state index contributed by atoms with van der Waals surface area (Å²) in [4.78, 5) is 20.4. The number of amides is 1. The van der Waals surface area contributed by atoms with E-state index in [1.54, 1.807) is 19.9 Å². The van der Waals surface area contributed by atoms with E-state index >= 15 is 0 Å². The molecule has 0 saturated carbocycles. The Morgan fingerprint density at radius 2 is 1.75 bits per heavy atom. The minimum atomic E-state index is -0.868. The van der Waals surface area contributed by atoms with Crippen LogP contribution in [0.3, 0.4) is 0 Å². The van der Waals surface area contributed by atoms with Gasteiger partial charge >= 0.3 is 0 Å². The van der Waals surface area contributed by atoms with E-state index in [0.717, 1.165) is 12.4 Å². The number of aromatic nitrogens is 2. The van der Waals surface area contributed by atoms with E-state index in [1.807, 2.05) is 27.7 Å². The normalized spacial score (nSPS) is 12.1. The second-order valence-corrected chi connectivity index (χ2v) is 6.36. The smallest absolute Gasteiger partial charge is 0.242 e. The van der Waals surface area contributed by atoms with E-state index in [1.165, 1.54) is 0 Å². The van der Waals surface area contributed by atoms with E-state index in [0.29, 0.717) is 11.6 Å². The molecule has 0 unspecified atom stereocenters. The van der Waals surface area contributed by atoms with Crippen molar-refractivity contribution >= 4 is 17.5 Å². The van der Waals surface area contributed by atoms with Crippen molar-refractivity contribution in [2.75, 3.05) is 17.2 Å². The molecule has 1 aromatic rings. The highest BCUT2D eigenvalue weighted by Crippen LogP contribution is 2.23. The van der Waals surface area contributed by atoms with Gasteiger partial charge in [-0.15, -0.1) is 0 Å². The number of rotatable bonds is 5. The van der Waals surface area contributed by atoms with Crippen molar-refractivity contribution < 1.29 is 4.79 Å². The van der Waals surface area contributed by atoms with Crippen LogP contribution in [0.1, 0.15) is 47.4 Å². The van der Waals surface area contributed by atoms with E-state index in [2.05, 4.69) is 20.6 Å². The maximum atomic E-state index is 11.4. The summed E-state index contributed by atoms with van der Waals surface area (Å²) in [7, 11) is 0. The number of nitrogens with one attached hydrogen (secondary N) is 2. The predicted octanol–water partition coefficient (Wildman–Crippen LogP) is 1.88. The number of primary amides is 1. The van der Waals surface area contributed by atoms with Crippen molar-refractivity contribution in [3.8, 4) is 0 Å². The van der Waals surface area contributed by atoms with Gasteiger partial charge in [-0.2, -0.15) is 0 Å². The average Bonchev–Trinajstić information content (AvgIpc) is 2.27. The highest BCUT2D eigenvalue weighted by molar-refractivity contribution is 5.86. The minimum absolute atomic E-state index is 0.182.